The van der Waals surface area contributed by atoms with Gasteiger partial charge in [0.1, 0.15) is 11.5 Å². The molecule has 0 spiro atoms. The van der Waals surface area contributed by atoms with Crippen LogP contribution in [0.1, 0.15) is 63.9 Å². The van der Waals surface area contributed by atoms with E-state index in [0.717, 1.165) is 45.2 Å². The van der Waals surface area contributed by atoms with Crippen molar-refractivity contribution < 1.29 is 14.0 Å². The second-order valence-electron chi connectivity index (χ2n) is 8.91. The van der Waals surface area contributed by atoms with Gasteiger partial charge in [-0.15, -0.1) is 0 Å². The van der Waals surface area contributed by atoms with Crippen molar-refractivity contribution in [2.24, 2.45) is 0 Å². The monoisotopic (exact) mass is 429 g/mol. The van der Waals surface area contributed by atoms with Crippen LogP contribution in [0.2, 0.25) is 0 Å². The largest absolute Gasteiger partial charge is 0.366 e. The SMILES string of the molecule is CCCCCCCCN1C(=O)C(c2ccc(F)cc2)=C(N(C)C2CCN(C)CC2)C1=O. The number of carbonyl (C=O) groups excluding carboxylic acids is 2. The maximum atomic E-state index is 13.5. The fourth-order valence-electron chi connectivity index (χ4n) is 4.59. The van der Waals surface area contributed by atoms with Crippen molar-refractivity contribution in [3.05, 3.63) is 41.3 Å². The molecule has 0 N–H and O–H groups in total. The minimum absolute atomic E-state index is 0.209. The summed E-state index contributed by atoms with van der Waals surface area (Å²) in [5, 5.41) is 0. The molecule has 2 aliphatic heterocycles. The van der Waals surface area contributed by atoms with Crippen LogP contribution < -0.4 is 0 Å². The van der Waals surface area contributed by atoms with Crippen LogP contribution in [0, 0.1) is 5.82 Å². The lowest BCUT2D eigenvalue weighted by molar-refractivity contribution is -0.137. The molecule has 0 unspecified atom stereocenters. The first-order chi connectivity index (χ1) is 14.9. The summed E-state index contributed by atoms with van der Waals surface area (Å²) in [7, 11) is 4.03. The summed E-state index contributed by atoms with van der Waals surface area (Å²) in [4.78, 5) is 32.4. The fraction of sp³-hybridized carbons (Fsp3) is 0.600. The van der Waals surface area contributed by atoms with Crippen molar-refractivity contribution >= 4 is 17.4 Å². The molecular formula is C25H36FN3O2. The normalized spacial score (nSPS) is 18.4. The number of benzene rings is 1. The van der Waals surface area contributed by atoms with Gasteiger partial charge in [0.15, 0.2) is 0 Å². The van der Waals surface area contributed by atoms with Gasteiger partial charge in [-0.25, -0.2) is 4.39 Å². The molecule has 1 fully saturated rings. The number of likely N-dealkylation sites (tertiary alicyclic amines) is 1. The maximum absolute atomic E-state index is 13.5. The second-order valence-corrected chi connectivity index (χ2v) is 8.91. The minimum atomic E-state index is -0.352. The first-order valence-corrected chi connectivity index (χ1v) is 11.7. The minimum Gasteiger partial charge on any atom is -0.366 e. The van der Waals surface area contributed by atoms with Crippen LogP contribution in [-0.4, -0.2) is 66.3 Å². The maximum Gasteiger partial charge on any atom is 0.277 e. The molecule has 2 heterocycles. The average molecular weight is 430 g/mol. The molecule has 0 aromatic heterocycles. The van der Waals surface area contributed by atoms with E-state index in [2.05, 4.69) is 18.9 Å². The Morgan fingerprint density at radius 1 is 0.968 bits per heavy atom. The number of hydrogen-bond acceptors (Lipinski definition) is 4. The Kier molecular flexibility index (Phi) is 8.24. The number of unbranched alkanes of at least 4 members (excludes halogenated alkanes) is 5. The highest BCUT2D eigenvalue weighted by Crippen LogP contribution is 2.33. The lowest BCUT2D eigenvalue weighted by Crippen LogP contribution is -2.43. The van der Waals surface area contributed by atoms with Crippen LogP contribution in [0.4, 0.5) is 4.39 Å². The summed E-state index contributed by atoms with van der Waals surface area (Å²) >= 11 is 0. The molecule has 6 heteroatoms. The Morgan fingerprint density at radius 2 is 1.58 bits per heavy atom. The topological polar surface area (TPSA) is 43.9 Å². The van der Waals surface area contributed by atoms with Crippen molar-refractivity contribution in [3.63, 3.8) is 0 Å². The number of halogens is 1. The highest BCUT2D eigenvalue weighted by atomic mass is 19.1. The first kappa shape index (κ1) is 23.5. The molecule has 0 radical (unpaired) electrons. The number of rotatable bonds is 10. The van der Waals surface area contributed by atoms with Gasteiger partial charge in [-0.2, -0.15) is 0 Å². The average Bonchev–Trinajstić information content (AvgIpc) is 3.01. The molecule has 0 atom stereocenters. The van der Waals surface area contributed by atoms with Gasteiger partial charge < -0.3 is 9.80 Å². The van der Waals surface area contributed by atoms with E-state index in [1.807, 2.05) is 11.9 Å². The zero-order valence-electron chi connectivity index (χ0n) is 19.2. The molecule has 0 bridgehead atoms. The van der Waals surface area contributed by atoms with E-state index in [1.54, 1.807) is 12.1 Å². The van der Waals surface area contributed by atoms with Gasteiger partial charge in [-0.1, -0.05) is 51.2 Å². The predicted molar refractivity (Wildman–Crippen MR) is 122 cm³/mol. The number of amides is 2. The van der Waals surface area contributed by atoms with Gasteiger partial charge in [-0.3, -0.25) is 14.5 Å². The molecule has 2 aliphatic rings. The summed E-state index contributed by atoms with van der Waals surface area (Å²) in [5.74, 6) is -0.811. The van der Waals surface area contributed by atoms with Gasteiger partial charge in [0.2, 0.25) is 0 Å². The lowest BCUT2D eigenvalue weighted by atomic mass is 10.00. The zero-order chi connectivity index (χ0) is 22.4. The van der Waals surface area contributed by atoms with Crippen LogP contribution in [-0.2, 0) is 9.59 Å². The zero-order valence-corrected chi connectivity index (χ0v) is 19.2. The fourth-order valence-corrected chi connectivity index (χ4v) is 4.59. The van der Waals surface area contributed by atoms with Gasteiger partial charge >= 0.3 is 0 Å². The van der Waals surface area contributed by atoms with Crippen molar-refractivity contribution in [1.82, 2.24) is 14.7 Å². The van der Waals surface area contributed by atoms with Crippen molar-refractivity contribution in [2.75, 3.05) is 33.7 Å². The standard InChI is InChI=1S/C25H36FN3O2/c1-4-5-6-7-8-9-16-29-24(30)22(19-10-12-20(26)13-11-19)23(25(29)31)28(3)21-14-17-27(2)18-15-21/h10-13,21H,4-9,14-18H2,1-3H3. The lowest BCUT2D eigenvalue weighted by Gasteiger charge is -2.36. The van der Waals surface area contributed by atoms with E-state index in [-0.39, 0.29) is 23.7 Å². The van der Waals surface area contributed by atoms with Crippen LogP contribution in [0.3, 0.4) is 0 Å². The molecular weight excluding hydrogens is 393 g/mol. The van der Waals surface area contributed by atoms with Crippen LogP contribution >= 0.6 is 0 Å². The van der Waals surface area contributed by atoms with Gasteiger partial charge in [0.25, 0.3) is 11.8 Å². The highest BCUT2D eigenvalue weighted by Gasteiger charge is 2.42. The number of nitrogens with zero attached hydrogens (tertiary/aromatic N) is 3. The summed E-state index contributed by atoms with van der Waals surface area (Å²) < 4.78 is 13.5. The van der Waals surface area contributed by atoms with E-state index in [1.165, 1.54) is 36.3 Å². The second kappa shape index (κ2) is 10.9. The Balaban J connectivity index is 1.80. The summed E-state index contributed by atoms with van der Waals surface area (Å²) in [6, 6.07) is 6.12. The first-order valence-electron chi connectivity index (χ1n) is 11.7. The molecule has 170 valence electrons. The smallest absolute Gasteiger partial charge is 0.277 e. The number of piperidine rings is 1. The van der Waals surface area contributed by atoms with Gasteiger partial charge in [0, 0.05) is 19.6 Å². The van der Waals surface area contributed by atoms with Crippen molar-refractivity contribution in [2.45, 2.75) is 64.3 Å². The molecule has 1 saturated heterocycles. The quantitative estimate of drug-likeness (QED) is 0.411. The van der Waals surface area contributed by atoms with Crippen LogP contribution in [0.15, 0.2) is 30.0 Å². The molecule has 0 aliphatic carbocycles. The van der Waals surface area contributed by atoms with E-state index in [9.17, 15) is 14.0 Å². The predicted octanol–water partition coefficient (Wildman–Crippen LogP) is 4.29. The van der Waals surface area contributed by atoms with Gasteiger partial charge in [0.05, 0.1) is 5.57 Å². The number of likely N-dealkylation sites (N-methyl/N-ethyl adjacent to an activating group) is 1. The number of carbonyl (C=O) groups is 2. The molecule has 5 nitrogen and oxygen atoms in total. The summed E-state index contributed by atoms with van der Waals surface area (Å²) in [5.41, 5.74) is 1.49. The Morgan fingerprint density at radius 3 is 2.23 bits per heavy atom. The molecule has 31 heavy (non-hydrogen) atoms. The highest BCUT2D eigenvalue weighted by molar-refractivity contribution is 6.35. The number of imide groups is 1. The third-order valence-corrected chi connectivity index (χ3v) is 6.60. The number of hydrogen-bond donors (Lipinski definition) is 0. The van der Waals surface area contributed by atoms with E-state index in [4.69, 9.17) is 0 Å². The Hall–Kier alpha value is -2.21. The van der Waals surface area contributed by atoms with Crippen molar-refractivity contribution in [3.8, 4) is 0 Å². The summed E-state index contributed by atoms with van der Waals surface area (Å²) in [6.07, 6.45) is 8.49. The van der Waals surface area contributed by atoms with Crippen LogP contribution in [0.25, 0.3) is 5.57 Å². The molecule has 1 aromatic rings. The van der Waals surface area contributed by atoms with Gasteiger partial charge in [-0.05, 0) is 57.1 Å². The molecule has 1 aromatic carbocycles. The summed E-state index contributed by atoms with van der Waals surface area (Å²) in [6.45, 7) is 4.57. The van der Waals surface area contributed by atoms with Crippen LogP contribution in [0.5, 0.6) is 0 Å². The Bertz CT molecular complexity index is 797. The molecule has 0 saturated carbocycles. The third-order valence-electron chi connectivity index (χ3n) is 6.60. The van der Waals surface area contributed by atoms with E-state index < -0.39 is 0 Å². The Labute approximate surface area is 185 Å². The van der Waals surface area contributed by atoms with Crippen molar-refractivity contribution in [1.29, 1.82) is 0 Å². The molecule has 2 amide bonds. The third kappa shape index (κ3) is 5.53. The van der Waals surface area contributed by atoms with E-state index >= 15 is 0 Å². The van der Waals surface area contributed by atoms with E-state index in [0.29, 0.717) is 23.4 Å². The molecule has 3 rings (SSSR count).